The lowest BCUT2D eigenvalue weighted by atomic mass is 10.1. The molecule has 1 N–H and O–H groups in total. The van der Waals surface area contributed by atoms with E-state index >= 15 is 0 Å². The van der Waals surface area contributed by atoms with Crippen LogP contribution in [0.1, 0.15) is 30.1 Å². The van der Waals surface area contributed by atoms with Crippen LogP contribution in [0.25, 0.3) is 0 Å². The van der Waals surface area contributed by atoms with Crippen molar-refractivity contribution in [1.82, 2.24) is 15.1 Å². The van der Waals surface area contributed by atoms with E-state index in [1.165, 1.54) is 0 Å². The Morgan fingerprint density at radius 3 is 2.41 bits per heavy atom. The Kier molecular flexibility index (Phi) is 6.40. The van der Waals surface area contributed by atoms with Crippen LogP contribution in [0.3, 0.4) is 0 Å². The minimum atomic E-state index is 0.0291. The first-order chi connectivity index (χ1) is 10.7. The lowest BCUT2D eigenvalue weighted by Crippen LogP contribution is -2.51. The summed E-state index contributed by atoms with van der Waals surface area (Å²) in [6, 6.07) is 9.48. The van der Waals surface area contributed by atoms with Gasteiger partial charge in [0.1, 0.15) is 0 Å². The number of piperazine rings is 1. The van der Waals surface area contributed by atoms with Gasteiger partial charge in [-0.15, -0.1) is 0 Å². The monoisotopic (exact) mass is 303 g/mol. The largest absolute Gasteiger partial charge is 0.338 e. The number of carbonyl (C=O) groups is 2. The van der Waals surface area contributed by atoms with E-state index in [0.29, 0.717) is 13.0 Å². The maximum atomic E-state index is 12.0. The molecule has 2 rings (SSSR count). The zero-order chi connectivity index (χ0) is 15.8. The molecule has 0 bridgehead atoms. The van der Waals surface area contributed by atoms with Gasteiger partial charge in [-0.05, 0) is 19.9 Å². The summed E-state index contributed by atoms with van der Waals surface area (Å²) in [7, 11) is 0. The highest BCUT2D eigenvalue weighted by Gasteiger charge is 2.20. The van der Waals surface area contributed by atoms with E-state index in [1.807, 2.05) is 42.2 Å². The highest BCUT2D eigenvalue weighted by atomic mass is 16.2. The van der Waals surface area contributed by atoms with Gasteiger partial charge >= 0.3 is 6.03 Å². The normalized spacial score (nSPS) is 15.6. The molecule has 0 saturated carbocycles. The molecule has 0 radical (unpaired) electrons. The second-order valence-electron chi connectivity index (χ2n) is 5.56. The number of urea groups is 1. The Morgan fingerprint density at radius 1 is 1.09 bits per heavy atom. The number of amides is 2. The van der Waals surface area contributed by atoms with Crippen LogP contribution in [0.2, 0.25) is 0 Å². The molecule has 5 heteroatoms. The molecule has 2 amide bonds. The predicted octanol–water partition coefficient (Wildman–Crippen LogP) is 2.00. The van der Waals surface area contributed by atoms with Crippen molar-refractivity contribution in [3.63, 3.8) is 0 Å². The fourth-order valence-electron chi connectivity index (χ4n) is 2.67. The predicted molar refractivity (Wildman–Crippen MR) is 87.1 cm³/mol. The van der Waals surface area contributed by atoms with E-state index in [2.05, 4.69) is 10.2 Å². The molecule has 0 aromatic heterocycles. The molecule has 1 aliphatic heterocycles. The topological polar surface area (TPSA) is 52.7 Å². The fourth-order valence-corrected chi connectivity index (χ4v) is 2.67. The van der Waals surface area contributed by atoms with Crippen molar-refractivity contribution < 1.29 is 9.59 Å². The first kappa shape index (κ1) is 16.5. The summed E-state index contributed by atoms with van der Waals surface area (Å²) in [6.45, 7) is 6.81. The summed E-state index contributed by atoms with van der Waals surface area (Å²) in [5, 5.41) is 2.83. The number of benzene rings is 1. The Hall–Kier alpha value is -1.88. The lowest BCUT2D eigenvalue weighted by molar-refractivity contribution is 0.0968. The standard InChI is InChI=1S/C17H25N3O2/c1-2-18-17(22)20-13-11-19(12-14-20)10-6-9-16(21)15-7-4-3-5-8-15/h3-5,7-8H,2,6,9-14H2,1H3,(H,18,22). The molecule has 1 heterocycles. The van der Waals surface area contributed by atoms with Gasteiger partial charge in [-0.2, -0.15) is 0 Å². The van der Waals surface area contributed by atoms with E-state index in [-0.39, 0.29) is 11.8 Å². The van der Waals surface area contributed by atoms with Crippen LogP contribution in [-0.4, -0.2) is 60.9 Å². The van der Waals surface area contributed by atoms with Crippen LogP contribution in [-0.2, 0) is 0 Å². The summed E-state index contributed by atoms with van der Waals surface area (Å²) in [6.07, 6.45) is 1.45. The molecule has 0 unspecified atom stereocenters. The summed E-state index contributed by atoms with van der Waals surface area (Å²) < 4.78 is 0. The highest BCUT2D eigenvalue weighted by Crippen LogP contribution is 2.08. The molecule has 0 aliphatic carbocycles. The summed E-state index contributed by atoms with van der Waals surface area (Å²) in [4.78, 5) is 27.9. The number of nitrogens with one attached hydrogen (secondary N) is 1. The first-order valence-electron chi connectivity index (χ1n) is 8.04. The average molecular weight is 303 g/mol. The average Bonchev–Trinajstić information content (AvgIpc) is 2.56. The van der Waals surface area contributed by atoms with Gasteiger partial charge in [-0.3, -0.25) is 9.69 Å². The van der Waals surface area contributed by atoms with Gasteiger partial charge in [-0.1, -0.05) is 30.3 Å². The third-order valence-electron chi connectivity index (χ3n) is 3.96. The summed E-state index contributed by atoms with van der Waals surface area (Å²) in [5.74, 6) is 0.210. The number of Topliss-reactive ketones (excluding diaryl/α,β-unsaturated/α-hetero) is 1. The van der Waals surface area contributed by atoms with Crippen molar-refractivity contribution in [2.24, 2.45) is 0 Å². The van der Waals surface area contributed by atoms with Gasteiger partial charge in [-0.25, -0.2) is 4.79 Å². The smallest absolute Gasteiger partial charge is 0.317 e. The zero-order valence-electron chi connectivity index (χ0n) is 13.3. The van der Waals surface area contributed by atoms with E-state index in [1.54, 1.807) is 0 Å². The SMILES string of the molecule is CCNC(=O)N1CCN(CCCC(=O)c2ccccc2)CC1. The molecule has 0 atom stereocenters. The van der Waals surface area contributed by atoms with Gasteiger partial charge in [0, 0.05) is 44.7 Å². The number of ketones is 1. The maximum Gasteiger partial charge on any atom is 0.317 e. The summed E-state index contributed by atoms with van der Waals surface area (Å²) in [5.41, 5.74) is 0.795. The molecular weight excluding hydrogens is 278 g/mol. The Bertz CT molecular complexity index is 482. The zero-order valence-corrected chi connectivity index (χ0v) is 13.3. The van der Waals surface area contributed by atoms with Crippen LogP contribution >= 0.6 is 0 Å². The number of nitrogens with zero attached hydrogens (tertiary/aromatic N) is 2. The fraction of sp³-hybridized carbons (Fsp3) is 0.529. The van der Waals surface area contributed by atoms with Crippen molar-refractivity contribution in [2.45, 2.75) is 19.8 Å². The third kappa shape index (κ3) is 4.84. The van der Waals surface area contributed by atoms with Gasteiger partial charge in [0.25, 0.3) is 0 Å². The number of hydrogen-bond donors (Lipinski definition) is 1. The number of carbonyl (C=O) groups excluding carboxylic acids is 2. The van der Waals surface area contributed by atoms with Gasteiger partial charge in [0.2, 0.25) is 0 Å². The van der Waals surface area contributed by atoms with E-state index < -0.39 is 0 Å². The van der Waals surface area contributed by atoms with Crippen LogP contribution in [0.15, 0.2) is 30.3 Å². The van der Waals surface area contributed by atoms with Crippen LogP contribution in [0, 0.1) is 0 Å². The van der Waals surface area contributed by atoms with Crippen molar-refractivity contribution in [2.75, 3.05) is 39.3 Å². The molecule has 1 fully saturated rings. The molecule has 0 spiro atoms. The van der Waals surface area contributed by atoms with Crippen LogP contribution in [0.4, 0.5) is 4.79 Å². The van der Waals surface area contributed by atoms with Crippen LogP contribution in [0.5, 0.6) is 0 Å². The molecule has 1 aromatic rings. The molecule has 1 aliphatic rings. The van der Waals surface area contributed by atoms with E-state index in [0.717, 1.165) is 44.7 Å². The van der Waals surface area contributed by atoms with Gasteiger partial charge < -0.3 is 10.2 Å². The van der Waals surface area contributed by atoms with E-state index in [9.17, 15) is 9.59 Å². The number of rotatable bonds is 6. The quantitative estimate of drug-likeness (QED) is 0.818. The lowest BCUT2D eigenvalue weighted by Gasteiger charge is -2.34. The molecule has 120 valence electrons. The maximum absolute atomic E-state index is 12.0. The van der Waals surface area contributed by atoms with E-state index in [4.69, 9.17) is 0 Å². The Morgan fingerprint density at radius 2 is 1.77 bits per heavy atom. The van der Waals surface area contributed by atoms with Gasteiger partial charge in [0.05, 0.1) is 0 Å². The molecular formula is C17H25N3O2. The van der Waals surface area contributed by atoms with Crippen molar-refractivity contribution >= 4 is 11.8 Å². The van der Waals surface area contributed by atoms with Gasteiger partial charge in [0.15, 0.2) is 5.78 Å². The number of hydrogen-bond acceptors (Lipinski definition) is 3. The highest BCUT2D eigenvalue weighted by molar-refractivity contribution is 5.95. The second-order valence-corrected chi connectivity index (χ2v) is 5.56. The molecule has 5 nitrogen and oxygen atoms in total. The van der Waals surface area contributed by atoms with Crippen LogP contribution < -0.4 is 5.32 Å². The molecule has 1 aromatic carbocycles. The van der Waals surface area contributed by atoms with Crippen molar-refractivity contribution in [3.05, 3.63) is 35.9 Å². The Labute approximate surface area is 132 Å². The second kappa shape index (κ2) is 8.54. The third-order valence-corrected chi connectivity index (χ3v) is 3.96. The Balaban J connectivity index is 1.65. The summed E-state index contributed by atoms with van der Waals surface area (Å²) >= 11 is 0. The molecule has 22 heavy (non-hydrogen) atoms. The first-order valence-corrected chi connectivity index (χ1v) is 8.04. The minimum absolute atomic E-state index is 0.0291. The molecule has 1 saturated heterocycles. The van der Waals surface area contributed by atoms with Crippen molar-refractivity contribution in [3.8, 4) is 0 Å². The minimum Gasteiger partial charge on any atom is -0.338 e. The van der Waals surface area contributed by atoms with Crippen molar-refractivity contribution in [1.29, 1.82) is 0 Å².